The average Bonchev–Trinajstić information content (AvgIpc) is 3.01. The van der Waals surface area contributed by atoms with E-state index in [1.165, 1.54) is 32.1 Å². The standard InChI is InChI=1S/C18H25NO3/c1-2-19(18(20)11-14-6-4-3-5-7-14)12-15-8-9-16-17(10-15)22-13-21-16/h8-10,14H,2-7,11-13H2,1H3. The third-order valence-electron chi connectivity index (χ3n) is 4.73. The van der Waals surface area contributed by atoms with Crippen LogP contribution < -0.4 is 9.47 Å². The summed E-state index contributed by atoms with van der Waals surface area (Å²) in [7, 11) is 0. The number of hydrogen-bond donors (Lipinski definition) is 0. The molecule has 3 rings (SSSR count). The predicted molar refractivity (Wildman–Crippen MR) is 84.8 cm³/mol. The Morgan fingerprint density at radius 2 is 1.95 bits per heavy atom. The van der Waals surface area contributed by atoms with Crippen LogP contribution in [0.25, 0.3) is 0 Å². The van der Waals surface area contributed by atoms with E-state index in [4.69, 9.17) is 9.47 Å². The number of benzene rings is 1. The van der Waals surface area contributed by atoms with E-state index in [1.54, 1.807) is 0 Å². The van der Waals surface area contributed by atoms with Crippen molar-refractivity contribution in [3.63, 3.8) is 0 Å². The van der Waals surface area contributed by atoms with Crippen LogP contribution in [-0.4, -0.2) is 24.1 Å². The molecule has 1 amide bonds. The fourth-order valence-electron chi connectivity index (χ4n) is 3.40. The summed E-state index contributed by atoms with van der Waals surface area (Å²) in [5.74, 6) is 2.45. The molecule has 4 heteroatoms. The van der Waals surface area contributed by atoms with E-state index in [1.807, 2.05) is 30.0 Å². The molecule has 0 atom stereocenters. The van der Waals surface area contributed by atoms with Crippen LogP contribution >= 0.6 is 0 Å². The molecule has 1 aromatic rings. The number of hydrogen-bond acceptors (Lipinski definition) is 3. The van der Waals surface area contributed by atoms with Crippen LogP contribution in [-0.2, 0) is 11.3 Å². The van der Waals surface area contributed by atoms with Crippen LogP contribution in [0, 0.1) is 5.92 Å². The van der Waals surface area contributed by atoms with Crippen LogP contribution in [0.1, 0.15) is 51.0 Å². The number of fused-ring (bicyclic) bond motifs is 1. The van der Waals surface area contributed by atoms with Gasteiger partial charge in [-0.3, -0.25) is 4.79 Å². The highest BCUT2D eigenvalue weighted by Crippen LogP contribution is 2.33. The van der Waals surface area contributed by atoms with Crippen LogP contribution in [0.4, 0.5) is 0 Å². The molecule has 120 valence electrons. The lowest BCUT2D eigenvalue weighted by molar-refractivity contribution is -0.132. The van der Waals surface area contributed by atoms with E-state index < -0.39 is 0 Å². The van der Waals surface area contributed by atoms with Crippen molar-refractivity contribution in [2.45, 2.75) is 52.0 Å². The predicted octanol–water partition coefficient (Wildman–Crippen LogP) is 3.73. The van der Waals surface area contributed by atoms with Gasteiger partial charge in [-0.2, -0.15) is 0 Å². The van der Waals surface area contributed by atoms with Crippen molar-refractivity contribution in [3.05, 3.63) is 23.8 Å². The number of carbonyl (C=O) groups is 1. The number of nitrogens with zero attached hydrogens (tertiary/aromatic N) is 1. The Morgan fingerprint density at radius 3 is 2.73 bits per heavy atom. The van der Waals surface area contributed by atoms with Crippen molar-refractivity contribution in [1.82, 2.24) is 4.90 Å². The summed E-state index contributed by atoms with van der Waals surface area (Å²) >= 11 is 0. The molecule has 0 spiro atoms. The Morgan fingerprint density at radius 1 is 1.18 bits per heavy atom. The molecule has 22 heavy (non-hydrogen) atoms. The van der Waals surface area contributed by atoms with Gasteiger partial charge in [0.05, 0.1) is 0 Å². The van der Waals surface area contributed by atoms with Gasteiger partial charge in [0.15, 0.2) is 11.5 Å². The molecule has 4 nitrogen and oxygen atoms in total. The first-order valence-electron chi connectivity index (χ1n) is 8.42. The maximum Gasteiger partial charge on any atom is 0.231 e. The first kappa shape index (κ1) is 15.2. The van der Waals surface area contributed by atoms with Gasteiger partial charge in [-0.15, -0.1) is 0 Å². The zero-order valence-electron chi connectivity index (χ0n) is 13.3. The van der Waals surface area contributed by atoms with Gasteiger partial charge in [-0.25, -0.2) is 0 Å². The van der Waals surface area contributed by atoms with Gasteiger partial charge in [0, 0.05) is 19.5 Å². The zero-order chi connectivity index (χ0) is 15.4. The molecule has 0 unspecified atom stereocenters. The number of rotatable bonds is 5. The second-order valence-corrected chi connectivity index (χ2v) is 6.30. The molecular formula is C18H25NO3. The van der Waals surface area contributed by atoms with Crippen molar-refractivity contribution >= 4 is 5.91 Å². The van der Waals surface area contributed by atoms with Gasteiger partial charge in [-0.1, -0.05) is 25.3 Å². The van der Waals surface area contributed by atoms with Gasteiger partial charge in [0.25, 0.3) is 0 Å². The lowest BCUT2D eigenvalue weighted by atomic mass is 9.86. The maximum atomic E-state index is 12.6. The fourth-order valence-corrected chi connectivity index (χ4v) is 3.40. The van der Waals surface area contributed by atoms with E-state index in [0.717, 1.165) is 23.6 Å². The molecule has 1 heterocycles. The molecule has 0 aromatic heterocycles. The Hall–Kier alpha value is -1.71. The van der Waals surface area contributed by atoms with Gasteiger partial charge in [-0.05, 0) is 43.4 Å². The Labute approximate surface area is 132 Å². The molecule has 0 N–H and O–H groups in total. The number of carbonyl (C=O) groups excluding carboxylic acids is 1. The van der Waals surface area contributed by atoms with Crippen LogP contribution in [0.5, 0.6) is 11.5 Å². The molecule has 0 bridgehead atoms. The summed E-state index contributed by atoms with van der Waals surface area (Å²) in [5.41, 5.74) is 1.10. The highest BCUT2D eigenvalue weighted by Gasteiger charge is 2.21. The highest BCUT2D eigenvalue weighted by atomic mass is 16.7. The third-order valence-corrected chi connectivity index (χ3v) is 4.73. The lowest BCUT2D eigenvalue weighted by Crippen LogP contribution is -2.32. The van der Waals surface area contributed by atoms with Crippen molar-refractivity contribution in [2.75, 3.05) is 13.3 Å². The summed E-state index contributed by atoms with van der Waals surface area (Å²) < 4.78 is 10.7. The van der Waals surface area contributed by atoms with Gasteiger partial charge in [0.2, 0.25) is 12.7 Å². The molecule has 2 aliphatic rings. The molecule has 1 aliphatic carbocycles. The molecule has 1 aliphatic heterocycles. The molecule has 1 fully saturated rings. The minimum atomic E-state index is 0.284. The van der Waals surface area contributed by atoms with Crippen molar-refractivity contribution < 1.29 is 14.3 Å². The lowest BCUT2D eigenvalue weighted by Gasteiger charge is -2.26. The Balaban J connectivity index is 1.59. The van der Waals surface area contributed by atoms with E-state index in [0.29, 0.717) is 18.9 Å². The van der Waals surface area contributed by atoms with Gasteiger partial charge < -0.3 is 14.4 Å². The average molecular weight is 303 g/mol. The smallest absolute Gasteiger partial charge is 0.231 e. The monoisotopic (exact) mass is 303 g/mol. The Bertz CT molecular complexity index is 523. The molecule has 1 saturated carbocycles. The minimum Gasteiger partial charge on any atom is -0.454 e. The first-order chi connectivity index (χ1) is 10.8. The summed E-state index contributed by atoms with van der Waals surface area (Å²) in [6.07, 6.45) is 7.04. The van der Waals surface area contributed by atoms with E-state index in [2.05, 4.69) is 0 Å². The zero-order valence-corrected chi connectivity index (χ0v) is 13.3. The largest absolute Gasteiger partial charge is 0.454 e. The number of ether oxygens (including phenoxy) is 2. The van der Waals surface area contributed by atoms with Crippen LogP contribution in [0.3, 0.4) is 0 Å². The van der Waals surface area contributed by atoms with Crippen molar-refractivity contribution in [1.29, 1.82) is 0 Å². The quantitative estimate of drug-likeness (QED) is 0.832. The second-order valence-electron chi connectivity index (χ2n) is 6.30. The summed E-state index contributed by atoms with van der Waals surface area (Å²) in [4.78, 5) is 14.5. The Kier molecular flexibility index (Phi) is 4.86. The highest BCUT2D eigenvalue weighted by molar-refractivity contribution is 5.76. The summed E-state index contributed by atoms with van der Waals surface area (Å²) in [6.45, 7) is 3.74. The summed E-state index contributed by atoms with van der Waals surface area (Å²) in [6, 6.07) is 5.93. The SMILES string of the molecule is CCN(Cc1ccc2c(c1)OCO2)C(=O)CC1CCCCC1. The topological polar surface area (TPSA) is 38.8 Å². The second kappa shape index (κ2) is 7.03. The summed E-state index contributed by atoms with van der Waals surface area (Å²) in [5, 5.41) is 0. The minimum absolute atomic E-state index is 0.284. The van der Waals surface area contributed by atoms with E-state index in [9.17, 15) is 4.79 Å². The van der Waals surface area contributed by atoms with E-state index in [-0.39, 0.29) is 12.7 Å². The first-order valence-corrected chi connectivity index (χ1v) is 8.42. The van der Waals surface area contributed by atoms with Gasteiger partial charge >= 0.3 is 0 Å². The molecule has 0 radical (unpaired) electrons. The van der Waals surface area contributed by atoms with Gasteiger partial charge in [0.1, 0.15) is 0 Å². The normalized spacial score (nSPS) is 17.5. The number of amides is 1. The molecule has 1 aromatic carbocycles. The molecule has 0 saturated heterocycles. The molecular weight excluding hydrogens is 278 g/mol. The van der Waals surface area contributed by atoms with Crippen LogP contribution in [0.2, 0.25) is 0 Å². The third kappa shape index (κ3) is 3.54. The van der Waals surface area contributed by atoms with Crippen LogP contribution in [0.15, 0.2) is 18.2 Å². The van der Waals surface area contributed by atoms with Crippen molar-refractivity contribution in [3.8, 4) is 11.5 Å². The van der Waals surface area contributed by atoms with E-state index >= 15 is 0 Å². The fraction of sp³-hybridized carbons (Fsp3) is 0.611. The van der Waals surface area contributed by atoms with Crippen molar-refractivity contribution in [2.24, 2.45) is 5.92 Å². The maximum absolute atomic E-state index is 12.6.